The Morgan fingerprint density at radius 3 is 2.44 bits per heavy atom. The van der Waals surface area contributed by atoms with Crippen LogP contribution >= 0.6 is 23.2 Å². The lowest BCUT2D eigenvalue weighted by molar-refractivity contribution is 0.102. The Balaban J connectivity index is 0.000000913. The SMILES string of the molecule is C=CC.Cc1nc2c(F)ccc(NC(=O)c3cc(Cl)c(O)c(Cl)c3)c2c(=O)n1C1CCC1. The molecule has 9 heteroatoms. The van der Waals surface area contributed by atoms with Crippen LogP contribution in [0.1, 0.15) is 48.4 Å². The van der Waals surface area contributed by atoms with Crippen molar-refractivity contribution in [2.24, 2.45) is 0 Å². The van der Waals surface area contributed by atoms with E-state index in [1.54, 1.807) is 17.6 Å². The number of rotatable bonds is 3. The first-order valence-electron chi connectivity index (χ1n) is 9.97. The van der Waals surface area contributed by atoms with E-state index in [4.69, 9.17) is 23.2 Å². The summed E-state index contributed by atoms with van der Waals surface area (Å²) >= 11 is 11.8. The first-order valence-corrected chi connectivity index (χ1v) is 10.7. The Hall–Kier alpha value is -2.90. The van der Waals surface area contributed by atoms with Gasteiger partial charge in [-0.2, -0.15) is 0 Å². The van der Waals surface area contributed by atoms with Crippen molar-refractivity contribution in [2.75, 3.05) is 5.32 Å². The molecule has 0 atom stereocenters. The molecule has 3 aromatic rings. The summed E-state index contributed by atoms with van der Waals surface area (Å²) in [5, 5.41) is 12.1. The van der Waals surface area contributed by atoms with Crippen LogP contribution in [0.2, 0.25) is 10.0 Å². The molecule has 1 fully saturated rings. The van der Waals surface area contributed by atoms with Crippen molar-refractivity contribution in [3.05, 3.63) is 74.5 Å². The van der Waals surface area contributed by atoms with Crippen molar-refractivity contribution < 1.29 is 14.3 Å². The number of anilines is 1. The first kappa shape index (κ1) is 23.8. The molecule has 0 radical (unpaired) electrons. The lowest BCUT2D eigenvalue weighted by Crippen LogP contribution is -2.32. The van der Waals surface area contributed by atoms with Gasteiger partial charge in [0.05, 0.1) is 21.1 Å². The quantitative estimate of drug-likeness (QED) is 0.451. The summed E-state index contributed by atoms with van der Waals surface area (Å²) in [6.07, 6.45) is 4.48. The molecule has 1 heterocycles. The van der Waals surface area contributed by atoms with Gasteiger partial charge in [0.25, 0.3) is 11.5 Å². The second kappa shape index (κ2) is 9.71. The fourth-order valence-corrected chi connectivity index (χ4v) is 3.93. The van der Waals surface area contributed by atoms with Crippen LogP contribution in [0, 0.1) is 12.7 Å². The highest BCUT2D eigenvalue weighted by atomic mass is 35.5. The van der Waals surface area contributed by atoms with Crippen LogP contribution in [0.25, 0.3) is 10.9 Å². The topological polar surface area (TPSA) is 84.2 Å². The maximum absolute atomic E-state index is 14.4. The molecule has 6 nitrogen and oxygen atoms in total. The van der Waals surface area contributed by atoms with Gasteiger partial charge < -0.3 is 10.4 Å². The lowest BCUT2D eigenvalue weighted by atomic mass is 9.92. The number of aromatic hydroxyl groups is 1. The Morgan fingerprint density at radius 1 is 1.31 bits per heavy atom. The van der Waals surface area contributed by atoms with Crippen LogP contribution in [0.15, 0.2) is 41.7 Å². The average molecular weight is 478 g/mol. The van der Waals surface area contributed by atoms with Crippen molar-refractivity contribution in [2.45, 2.75) is 39.2 Å². The molecule has 1 saturated carbocycles. The fraction of sp³-hybridized carbons (Fsp3) is 0.261. The minimum absolute atomic E-state index is 0.00632. The van der Waals surface area contributed by atoms with Crippen LogP contribution in [-0.4, -0.2) is 20.6 Å². The fourth-order valence-electron chi connectivity index (χ4n) is 3.44. The highest BCUT2D eigenvalue weighted by molar-refractivity contribution is 6.37. The molecule has 1 aliphatic rings. The summed E-state index contributed by atoms with van der Waals surface area (Å²) in [5.41, 5.74) is -0.275. The van der Waals surface area contributed by atoms with E-state index in [1.807, 2.05) is 6.92 Å². The molecule has 4 rings (SSSR count). The van der Waals surface area contributed by atoms with Crippen molar-refractivity contribution in [1.82, 2.24) is 9.55 Å². The maximum atomic E-state index is 14.4. The van der Waals surface area contributed by atoms with E-state index in [-0.39, 0.29) is 44.0 Å². The predicted molar refractivity (Wildman–Crippen MR) is 126 cm³/mol. The summed E-state index contributed by atoms with van der Waals surface area (Å²) in [5.74, 6) is -1.15. The zero-order valence-corrected chi connectivity index (χ0v) is 19.1. The highest BCUT2D eigenvalue weighted by Gasteiger charge is 2.25. The number of hydrogen-bond acceptors (Lipinski definition) is 4. The van der Waals surface area contributed by atoms with Crippen LogP contribution in [0.5, 0.6) is 5.75 Å². The van der Waals surface area contributed by atoms with Crippen molar-refractivity contribution in [1.29, 1.82) is 0 Å². The molecular weight excluding hydrogens is 456 g/mol. The number of benzene rings is 2. The Morgan fingerprint density at radius 2 is 1.91 bits per heavy atom. The minimum atomic E-state index is -0.644. The lowest BCUT2D eigenvalue weighted by Gasteiger charge is -2.29. The van der Waals surface area contributed by atoms with E-state index < -0.39 is 17.3 Å². The molecule has 2 N–H and O–H groups in total. The highest BCUT2D eigenvalue weighted by Crippen LogP contribution is 2.34. The van der Waals surface area contributed by atoms with Gasteiger partial charge in [0, 0.05) is 11.6 Å². The van der Waals surface area contributed by atoms with Gasteiger partial charge in [0.1, 0.15) is 17.2 Å². The minimum Gasteiger partial charge on any atom is -0.505 e. The van der Waals surface area contributed by atoms with Crippen molar-refractivity contribution in [3.8, 4) is 5.75 Å². The third-order valence-electron chi connectivity index (χ3n) is 5.15. The molecule has 1 amide bonds. The Bertz CT molecular complexity index is 1250. The number of aromatic nitrogens is 2. The number of amides is 1. The number of carbonyl (C=O) groups excluding carboxylic acids is 1. The zero-order chi connectivity index (χ0) is 23.6. The second-order valence-corrected chi connectivity index (χ2v) is 8.20. The van der Waals surface area contributed by atoms with Gasteiger partial charge in [-0.05, 0) is 57.4 Å². The number of fused-ring (bicyclic) bond motifs is 1. The van der Waals surface area contributed by atoms with Crippen LogP contribution in [-0.2, 0) is 0 Å². The Kier molecular flexibility index (Phi) is 7.21. The maximum Gasteiger partial charge on any atom is 0.263 e. The van der Waals surface area contributed by atoms with Crippen molar-refractivity contribution >= 4 is 45.7 Å². The van der Waals surface area contributed by atoms with Gasteiger partial charge in [0.15, 0.2) is 5.75 Å². The number of allylic oxidation sites excluding steroid dienone is 1. The summed E-state index contributed by atoms with van der Waals surface area (Å²) in [6, 6.07) is 5.00. The average Bonchev–Trinajstić information content (AvgIpc) is 2.70. The van der Waals surface area contributed by atoms with E-state index in [1.165, 1.54) is 18.2 Å². The summed E-state index contributed by atoms with van der Waals surface area (Å²) < 4.78 is 15.9. The molecule has 1 aliphatic carbocycles. The summed E-state index contributed by atoms with van der Waals surface area (Å²) in [7, 11) is 0. The molecule has 0 spiro atoms. The molecule has 1 aromatic heterocycles. The summed E-state index contributed by atoms with van der Waals surface area (Å²) in [6.45, 7) is 6.92. The zero-order valence-electron chi connectivity index (χ0n) is 17.6. The third-order valence-corrected chi connectivity index (χ3v) is 5.73. The van der Waals surface area contributed by atoms with E-state index in [0.29, 0.717) is 5.82 Å². The second-order valence-electron chi connectivity index (χ2n) is 7.39. The molecule has 0 aliphatic heterocycles. The number of carbonyl (C=O) groups is 1. The number of phenolic OH excluding ortho intramolecular Hbond substituents is 1. The predicted octanol–water partition coefficient (Wildman–Crippen LogP) is 6.03. The molecule has 2 aromatic carbocycles. The molecular formula is C23H22Cl2FN3O3. The van der Waals surface area contributed by atoms with Crippen LogP contribution in [0.4, 0.5) is 10.1 Å². The van der Waals surface area contributed by atoms with Gasteiger partial charge in [0.2, 0.25) is 0 Å². The third kappa shape index (κ3) is 4.49. The van der Waals surface area contributed by atoms with E-state index in [9.17, 15) is 19.1 Å². The van der Waals surface area contributed by atoms with Gasteiger partial charge in [-0.3, -0.25) is 14.2 Å². The molecule has 32 heavy (non-hydrogen) atoms. The van der Waals surface area contributed by atoms with Gasteiger partial charge in [-0.15, -0.1) is 6.58 Å². The normalized spacial score (nSPS) is 13.2. The summed E-state index contributed by atoms with van der Waals surface area (Å²) in [4.78, 5) is 30.1. The molecule has 0 unspecified atom stereocenters. The van der Waals surface area contributed by atoms with E-state index in [0.717, 1.165) is 25.3 Å². The van der Waals surface area contributed by atoms with Crippen molar-refractivity contribution in [3.63, 3.8) is 0 Å². The standard InChI is InChI=1S/C20H16Cl2FN3O3.C3H6/c1-9-24-17-14(23)5-6-15(16(17)20(29)26(9)11-3-2-4-11)25-19(28)10-7-12(21)18(27)13(22)8-10;1-3-2/h5-8,11,27H,2-4H2,1H3,(H,25,28);3H,1H2,2H3. The van der Waals surface area contributed by atoms with E-state index >= 15 is 0 Å². The number of phenols is 1. The number of hydrogen-bond donors (Lipinski definition) is 2. The molecule has 0 bridgehead atoms. The molecule has 0 saturated heterocycles. The van der Waals surface area contributed by atoms with Gasteiger partial charge in [-0.1, -0.05) is 29.3 Å². The largest absolute Gasteiger partial charge is 0.505 e. The monoisotopic (exact) mass is 477 g/mol. The van der Waals surface area contributed by atoms with Crippen LogP contribution in [0.3, 0.4) is 0 Å². The van der Waals surface area contributed by atoms with Gasteiger partial charge >= 0.3 is 0 Å². The Labute approximate surface area is 194 Å². The first-order chi connectivity index (χ1) is 15.2. The van der Waals surface area contributed by atoms with E-state index in [2.05, 4.69) is 16.9 Å². The molecule has 168 valence electrons. The smallest absolute Gasteiger partial charge is 0.263 e. The number of halogens is 3. The van der Waals surface area contributed by atoms with Crippen LogP contribution < -0.4 is 10.9 Å². The van der Waals surface area contributed by atoms with Gasteiger partial charge in [-0.25, -0.2) is 9.37 Å². The number of nitrogens with zero attached hydrogens (tertiary/aromatic N) is 2. The number of aryl methyl sites for hydroxylation is 1. The number of nitrogens with one attached hydrogen (secondary N) is 1.